The van der Waals surface area contributed by atoms with Crippen LogP contribution in [0.3, 0.4) is 0 Å². The first-order valence-electron chi connectivity index (χ1n) is 5.29. The van der Waals surface area contributed by atoms with Crippen molar-refractivity contribution in [1.29, 1.82) is 0 Å². The van der Waals surface area contributed by atoms with Gasteiger partial charge in [0.25, 0.3) is 10.1 Å². The summed E-state index contributed by atoms with van der Waals surface area (Å²) in [6.45, 7) is 0. The number of Topliss-reactive ketones (excluding diaryl/α,β-unsaturated/α-hetero) is 1. The summed E-state index contributed by atoms with van der Waals surface area (Å²) in [6, 6.07) is 6.09. The molecule has 0 aliphatic heterocycles. The van der Waals surface area contributed by atoms with Crippen LogP contribution in [0.1, 0.15) is 24.8 Å². The monoisotopic (exact) mass is 252 g/mol. The Morgan fingerprint density at radius 2 is 1.88 bits per heavy atom. The van der Waals surface area contributed by atoms with Gasteiger partial charge in [0.15, 0.2) is 5.78 Å². The van der Waals surface area contributed by atoms with Crippen molar-refractivity contribution in [1.82, 2.24) is 0 Å². The fourth-order valence-electron chi connectivity index (χ4n) is 1.91. The van der Waals surface area contributed by atoms with E-state index in [0.29, 0.717) is 24.0 Å². The van der Waals surface area contributed by atoms with Gasteiger partial charge in [0.05, 0.1) is 0 Å². The van der Waals surface area contributed by atoms with Crippen molar-refractivity contribution in [2.45, 2.75) is 24.2 Å². The lowest BCUT2D eigenvalue weighted by Gasteiger charge is -2.03. The van der Waals surface area contributed by atoms with E-state index in [4.69, 9.17) is 4.55 Å². The predicted octanol–water partition coefficient (Wildman–Crippen LogP) is 2.07. The molecule has 5 heteroatoms. The third-order valence-electron chi connectivity index (χ3n) is 2.73. The minimum atomic E-state index is -4.25. The van der Waals surface area contributed by atoms with Crippen LogP contribution in [0.25, 0.3) is 6.08 Å². The first-order chi connectivity index (χ1) is 7.98. The van der Waals surface area contributed by atoms with Crippen LogP contribution in [0.15, 0.2) is 34.7 Å². The van der Waals surface area contributed by atoms with Gasteiger partial charge in [-0.05, 0) is 36.1 Å². The molecule has 2 rings (SSSR count). The Bertz CT molecular complexity index is 584. The van der Waals surface area contributed by atoms with Gasteiger partial charge in [-0.2, -0.15) is 8.42 Å². The quantitative estimate of drug-likeness (QED) is 0.646. The largest absolute Gasteiger partial charge is 0.295 e. The lowest BCUT2D eigenvalue weighted by Crippen LogP contribution is -2.01. The number of benzene rings is 1. The van der Waals surface area contributed by atoms with Crippen molar-refractivity contribution >= 4 is 22.0 Å². The maximum atomic E-state index is 11.5. The second kappa shape index (κ2) is 4.43. The van der Waals surface area contributed by atoms with Crippen molar-refractivity contribution in [3.63, 3.8) is 0 Å². The minimum absolute atomic E-state index is 0.0511. The van der Waals surface area contributed by atoms with E-state index < -0.39 is 10.1 Å². The molecule has 1 aromatic rings. The zero-order valence-corrected chi connectivity index (χ0v) is 9.90. The smallest absolute Gasteiger partial charge is 0.295 e. The zero-order valence-electron chi connectivity index (χ0n) is 9.09. The molecule has 1 saturated carbocycles. The highest BCUT2D eigenvalue weighted by molar-refractivity contribution is 7.85. The number of hydrogen-bond acceptors (Lipinski definition) is 3. The van der Waals surface area contributed by atoms with Gasteiger partial charge in [-0.3, -0.25) is 9.35 Å². The molecule has 1 aliphatic carbocycles. The standard InChI is InChI=1S/C12H12O4S/c13-11-6-3-5-9(11)8-10-4-1-2-7-12(10)17(14,15)16/h1-2,4,7-8H,3,5-6H2,(H,14,15,16)/b9-8+. The van der Waals surface area contributed by atoms with Crippen LogP contribution in [-0.4, -0.2) is 18.8 Å². The summed E-state index contributed by atoms with van der Waals surface area (Å²) < 4.78 is 31.4. The molecule has 1 fully saturated rings. The van der Waals surface area contributed by atoms with Gasteiger partial charge >= 0.3 is 0 Å². The SMILES string of the molecule is O=C1CCC/C1=C\c1ccccc1S(=O)(=O)O. The Labute approximate surface area is 99.7 Å². The molecule has 0 atom stereocenters. The van der Waals surface area contributed by atoms with E-state index in [1.807, 2.05) is 0 Å². The van der Waals surface area contributed by atoms with Gasteiger partial charge in [-0.15, -0.1) is 0 Å². The van der Waals surface area contributed by atoms with Crippen LogP contribution in [0.2, 0.25) is 0 Å². The van der Waals surface area contributed by atoms with E-state index in [9.17, 15) is 13.2 Å². The molecule has 0 spiro atoms. The second-order valence-electron chi connectivity index (χ2n) is 3.96. The average molecular weight is 252 g/mol. The molecule has 1 N–H and O–H groups in total. The van der Waals surface area contributed by atoms with Crippen LogP contribution in [0.4, 0.5) is 0 Å². The highest BCUT2D eigenvalue weighted by atomic mass is 32.2. The molecular formula is C12H12O4S. The number of hydrogen-bond donors (Lipinski definition) is 1. The Balaban J connectivity index is 2.50. The number of ketones is 1. The van der Waals surface area contributed by atoms with E-state index in [1.165, 1.54) is 12.1 Å². The van der Waals surface area contributed by atoms with Crippen LogP contribution in [0, 0.1) is 0 Å². The highest BCUT2D eigenvalue weighted by Crippen LogP contribution is 2.25. The van der Waals surface area contributed by atoms with E-state index in [2.05, 4.69) is 0 Å². The highest BCUT2D eigenvalue weighted by Gasteiger charge is 2.19. The molecule has 0 amide bonds. The summed E-state index contributed by atoms with van der Waals surface area (Å²) in [5, 5.41) is 0. The van der Waals surface area contributed by atoms with Crippen LogP contribution in [0.5, 0.6) is 0 Å². The Morgan fingerprint density at radius 3 is 2.47 bits per heavy atom. The first kappa shape index (κ1) is 12.0. The Kier molecular flexibility index (Phi) is 3.13. The summed E-state index contributed by atoms with van der Waals surface area (Å²) in [5.41, 5.74) is 0.987. The Morgan fingerprint density at radius 1 is 1.18 bits per heavy atom. The van der Waals surface area contributed by atoms with Crippen LogP contribution >= 0.6 is 0 Å². The van der Waals surface area contributed by atoms with Crippen molar-refractivity contribution in [2.75, 3.05) is 0 Å². The van der Waals surface area contributed by atoms with Gasteiger partial charge in [-0.25, -0.2) is 0 Å². The zero-order chi connectivity index (χ0) is 12.5. The van der Waals surface area contributed by atoms with Crippen LogP contribution in [-0.2, 0) is 14.9 Å². The average Bonchev–Trinajstić information content (AvgIpc) is 2.64. The molecule has 0 bridgehead atoms. The third kappa shape index (κ3) is 2.62. The Hall–Kier alpha value is -1.46. The molecule has 0 unspecified atom stereocenters. The molecule has 1 aromatic carbocycles. The van der Waals surface area contributed by atoms with Gasteiger partial charge in [0.1, 0.15) is 4.90 Å². The van der Waals surface area contributed by atoms with Crippen molar-refractivity contribution in [3.8, 4) is 0 Å². The molecule has 0 aromatic heterocycles. The number of allylic oxidation sites excluding steroid dienone is 1. The summed E-state index contributed by atoms with van der Waals surface area (Å²) in [7, 11) is -4.25. The van der Waals surface area contributed by atoms with Gasteiger partial charge < -0.3 is 0 Å². The first-order valence-corrected chi connectivity index (χ1v) is 6.73. The minimum Gasteiger partial charge on any atom is -0.295 e. The second-order valence-corrected chi connectivity index (χ2v) is 5.35. The summed E-state index contributed by atoms with van der Waals surface area (Å²) in [4.78, 5) is 11.3. The normalized spacial score (nSPS) is 18.9. The molecule has 1 aliphatic rings. The lowest BCUT2D eigenvalue weighted by molar-refractivity contribution is -0.114. The molecule has 90 valence electrons. The number of carbonyl (C=O) groups is 1. The molecule has 0 saturated heterocycles. The maximum Gasteiger partial charge on any atom is 0.295 e. The van der Waals surface area contributed by atoms with Crippen molar-refractivity contribution < 1.29 is 17.8 Å². The molecular weight excluding hydrogens is 240 g/mol. The van der Waals surface area contributed by atoms with Crippen molar-refractivity contribution in [2.24, 2.45) is 0 Å². The maximum absolute atomic E-state index is 11.5. The topological polar surface area (TPSA) is 71.4 Å². The van der Waals surface area contributed by atoms with Gasteiger partial charge in [-0.1, -0.05) is 18.2 Å². The van der Waals surface area contributed by atoms with Gasteiger partial charge in [0.2, 0.25) is 0 Å². The van der Waals surface area contributed by atoms with E-state index in [-0.39, 0.29) is 10.7 Å². The van der Waals surface area contributed by atoms with E-state index >= 15 is 0 Å². The van der Waals surface area contributed by atoms with Crippen molar-refractivity contribution in [3.05, 3.63) is 35.4 Å². The molecule has 4 nitrogen and oxygen atoms in total. The fourth-order valence-corrected chi connectivity index (χ4v) is 2.59. The summed E-state index contributed by atoms with van der Waals surface area (Å²) in [5.74, 6) is 0.0511. The predicted molar refractivity (Wildman–Crippen MR) is 63.1 cm³/mol. The number of carbonyl (C=O) groups excluding carboxylic acids is 1. The summed E-state index contributed by atoms with van der Waals surface area (Å²) >= 11 is 0. The number of rotatable bonds is 2. The third-order valence-corrected chi connectivity index (χ3v) is 3.66. The fraction of sp³-hybridized carbons (Fsp3) is 0.250. The van der Waals surface area contributed by atoms with Crippen LogP contribution < -0.4 is 0 Å². The van der Waals surface area contributed by atoms with E-state index in [1.54, 1.807) is 18.2 Å². The summed E-state index contributed by atoms with van der Waals surface area (Å²) in [6.07, 6.45) is 3.54. The lowest BCUT2D eigenvalue weighted by atomic mass is 10.1. The van der Waals surface area contributed by atoms with E-state index in [0.717, 1.165) is 6.42 Å². The molecule has 17 heavy (non-hydrogen) atoms. The molecule has 0 heterocycles. The van der Waals surface area contributed by atoms with Gasteiger partial charge in [0, 0.05) is 6.42 Å². The molecule has 0 radical (unpaired) electrons.